The smallest absolute Gasteiger partial charge is 0.230 e. The monoisotopic (exact) mass is 218 g/mol. The summed E-state index contributed by atoms with van der Waals surface area (Å²) in [6, 6.07) is 0. The van der Waals surface area contributed by atoms with E-state index >= 15 is 0 Å². The third-order valence-electron chi connectivity index (χ3n) is 3.29. The van der Waals surface area contributed by atoms with Crippen LogP contribution in [0.4, 0.5) is 0 Å². The van der Waals surface area contributed by atoms with Gasteiger partial charge in [0.05, 0.1) is 5.41 Å². The Kier molecular flexibility index (Phi) is 3.17. The van der Waals surface area contributed by atoms with Crippen molar-refractivity contribution in [1.82, 2.24) is 5.32 Å². The van der Waals surface area contributed by atoms with Crippen LogP contribution in [0.25, 0.3) is 0 Å². The molecule has 1 amide bonds. The zero-order chi connectivity index (χ0) is 11.6. The summed E-state index contributed by atoms with van der Waals surface area (Å²) in [4.78, 5) is 12.1. The maximum Gasteiger partial charge on any atom is 0.230 e. The van der Waals surface area contributed by atoms with Crippen molar-refractivity contribution < 1.29 is 4.79 Å². The molecule has 16 heavy (non-hydrogen) atoms. The van der Waals surface area contributed by atoms with Crippen LogP contribution in [0.3, 0.4) is 0 Å². The fourth-order valence-electron chi connectivity index (χ4n) is 2.11. The summed E-state index contributed by atoms with van der Waals surface area (Å²) in [6.45, 7) is 5.02. The van der Waals surface area contributed by atoms with E-state index in [0.29, 0.717) is 5.92 Å². The van der Waals surface area contributed by atoms with Crippen LogP contribution in [0, 0.1) is 17.8 Å². The summed E-state index contributed by atoms with van der Waals surface area (Å²) < 4.78 is 0. The van der Waals surface area contributed by atoms with E-state index in [4.69, 9.17) is 0 Å². The van der Waals surface area contributed by atoms with E-state index in [0.717, 1.165) is 25.8 Å². The van der Waals surface area contributed by atoms with E-state index < -0.39 is 0 Å². The number of hydrogen-bond acceptors (Lipinski definition) is 1. The standard InChI is InChI=1S/C14H20NO/c1-11(2)10-15-13(16)14(8-9-14)12-6-4-3-5-7-12/h3-4,6-7,11H,5,8-10H2,1-2H3,(H,15,16). The van der Waals surface area contributed by atoms with E-state index in [1.54, 1.807) is 0 Å². The molecule has 0 spiro atoms. The number of allylic oxidation sites excluding steroid dienone is 3. The van der Waals surface area contributed by atoms with Crippen LogP contribution in [0.2, 0.25) is 0 Å². The SMILES string of the molecule is CC(C)CNC(=O)C1(C2=CC[CH]C=C2)CC1. The topological polar surface area (TPSA) is 29.1 Å². The Bertz CT molecular complexity index is 335. The molecule has 0 aromatic heterocycles. The Morgan fingerprint density at radius 3 is 2.75 bits per heavy atom. The van der Waals surface area contributed by atoms with Gasteiger partial charge in [0.2, 0.25) is 5.91 Å². The Balaban J connectivity index is 1.99. The minimum absolute atomic E-state index is 0.181. The summed E-state index contributed by atoms with van der Waals surface area (Å²) in [6.07, 6.45) is 11.4. The first-order chi connectivity index (χ1) is 7.65. The second-order valence-corrected chi connectivity index (χ2v) is 5.18. The maximum atomic E-state index is 12.1. The van der Waals surface area contributed by atoms with E-state index in [1.807, 2.05) is 0 Å². The van der Waals surface area contributed by atoms with Crippen molar-refractivity contribution in [2.45, 2.75) is 33.1 Å². The van der Waals surface area contributed by atoms with Gasteiger partial charge in [0.15, 0.2) is 0 Å². The van der Waals surface area contributed by atoms with Crippen molar-refractivity contribution in [3.05, 3.63) is 30.2 Å². The molecule has 0 atom stereocenters. The molecule has 0 aliphatic heterocycles. The molecule has 1 saturated carbocycles. The minimum Gasteiger partial charge on any atom is -0.355 e. The lowest BCUT2D eigenvalue weighted by molar-refractivity contribution is -0.125. The molecule has 0 bridgehead atoms. The summed E-state index contributed by atoms with van der Waals surface area (Å²) >= 11 is 0. The van der Waals surface area contributed by atoms with E-state index in [1.165, 1.54) is 5.57 Å². The van der Waals surface area contributed by atoms with Gasteiger partial charge in [0.1, 0.15) is 0 Å². The van der Waals surface area contributed by atoms with Gasteiger partial charge in [-0.2, -0.15) is 0 Å². The predicted octanol–water partition coefficient (Wildman–Crippen LogP) is 2.63. The third-order valence-corrected chi connectivity index (χ3v) is 3.29. The molecule has 0 saturated heterocycles. The molecule has 0 heterocycles. The van der Waals surface area contributed by atoms with Gasteiger partial charge < -0.3 is 5.32 Å². The third kappa shape index (κ3) is 2.21. The highest BCUT2D eigenvalue weighted by Gasteiger charge is 2.51. The second kappa shape index (κ2) is 4.44. The van der Waals surface area contributed by atoms with Crippen molar-refractivity contribution in [2.75, 3.05) is 6.54 Å². The lowest BCUT2D eigenvalue weighted by Crippen LogP contribution is -2.35. The average Bonchev–Trinajstić information content (AvgIpc) is 3.08. The molecule has 87 valence electrons. The normalized spacial score (nSPS) is 21.8. The lowest BCUT2D eigenvalue weighted by atomic mass is 9.90. The van der Waals surface area contributed by atoms with Gasteiger partial charge in [0, 0.05) is 6.54 Å². The summed E-state index contributed by atoms with van der Waals surface area (Å²) in [5.74, 6) is 0.739. The van der Waals surface area contributed by atoms with Crippen LogP contribution in [-0.2, 0) is 4.79 Å². The zero-order valence-corrected chi connectivity index (χ0v) is 10.1. The predicted molar refractivity (Wildman–Crippen MR) is 65.7 cm³/mol. The molecule has 0 unspecified atom stereocenters. The fourth-order valence-corrected chi connectivity index (χ4v) is 2.11. The second-order valence-electron chi connectivity index (χ2n) is 5.18. The van der Waals surface area contributed by atoms with Gasteiger partial charge in [-0.15, -0.1) is 0 Å². The quantitative estimate of drug-likeness (QED) is 0.772. The number of amides is 1. The molecule has 2 aliphatic rings. The van der Waals surface area contributed by atoms with E-state index in [-0.39, 0.29) is 11.3 Å². The molecule has 1 radical (unpaired) electrons. The molecule has 1 N–H and O–H groups in total. The number of carbonyl (C=O) groups excluding carboxylic acids is 1. The number of nitrogens with one attached hydrogen (secondary N) is 1. The van der Waals surface area contributed by atoms with Crippen molar-refractivity contribution in [2.24, 2.45) is 11.3 Å². The Morgan fingerprint density at radius 1 is 1.50 bits per heavy atom. The van der Waals surface area contributed by atoms with Crippen molar-refractivity contribution in [3.63, 3.8) is 0 Å². The maximum absolute atomic E-state index is 12.1. The molecule has 2 nitrogen and oxygen atoms in total. The zero-order valence-electron chi connectivity index (χ0n) is 10.1. The number of hydrogen-bond donors (Lipinski definition) is 1. The van der Waals surface area contributed by atoms with E-state index in [9.17, 15) is 4.79 Å². The highest BCUT2D eigenvalue weighted by atomic mass is 16.2. The van der Waals surface area contributed by atoms with Gasteiger partial charge in [-0.3, -0.25) is 4.79 Å². The van der Waals surface area contributed by atoms with Gasteiger partial charge in [0.25, 0.3) is 0 Å². The fraction of sp³-hybridized carbons (Fsp3) is 0.571. The summed E-state index contributed by atoms with van der Waals surface area (Å²) in [5, 5.41) is 3.06. The first-order valence-electron chi connectivity index (χ1n) is 6.14. The number of rotatable bonds is 4. The molecular formula is C14H20NO. The highest BCUT2D eigenvalue weighted by Crippen LogP contribution is 2.53. The Morgan fingerprint density at radius 2 is 2.25 bits per heavy atom. The van der Waals surface area contributed by atoms with Crippen LogP contribution < -0.4 is 5.32 Å². The molecule has 2 heteroatoms. The molecule has 2 aliphatic carbocycles. The molecule has 0 aromatic rings. The van der Waals surface area contributed by atoms with Crippen molar-refractivity contribution in [1.29, 1.82) is 0 Å². The van der Waals surface area contributed by atoms with E-state index in [2.05, 4.69) is 43.8 Å². The van der Waals surface area contributed by atoms with Gasteiger partial charge >= 0.3 is 0 Å². The highest BCUT2D eigenvalue weighted by molar-refractivity contribution is 5.89. The van der Waals surface area contributed by atoms with Crippen molar-refractivity contribution in [3.8, 4) is 0 Å². The summed E-state index contributed by atoms with van der Waals surface area (Å²) in [7, 11) is 0. The molecular weight excluding hydrogens is 198 g/mol. The van der Waals surface area contributed by atoms with Crippen LogP contribution >= 0.6 is 0 Å². The van der Waals surface area contributed by atoms with Crippen molar-refractivity contribution >= 4 is 5.91 Å². The van der Waals surface area contributed by atoms with Gasteiger partial charge in [-0.05, 0) is 37.2 Å². The van der Waals surface area contributed by atoms with Crippen LogP contribution in [0.15, 0.2) is 23.8 Å². The van der Waals surface area contributed by atoms with Gasteiger partial charge in [-0.25, -0.2) is 0 Å². The van der Waals surface area contributed by atoms with Crippen LogP contribution in [-0.4, -0.2) is 12.5 Å². The van der Waals surface area contributed by atoms with Gasteiger partial charge in [-0.1, -0.05) is 32.1 Å². The molecule has 0 aromatic carbocycles. The minimum atomic E-state index is -0.181. The molecule has 1 fully saturated rings. The Hall–Kier alpha value is -1.05. The number of carbonyl (C=O) groups is 1. The summed E-state index contributed by atoms with van der Waals surface area (Å²) in [5.41, 5.74) is 1.04. The first kappa shape index (κ1) is 11.4. The average molecular weight is 218 g/mol. The van der Waals surface area contributed by atoms with Crippen LogP contribution in [0.5, 0.6) is 0 Å². The Labute approximate surface area is 97.8 Å². The molecule has 2 rings (SSSR count). The largest absolute Gasteiger partial charge is 0.355 e. The van der Waals surface area contributed by atoms with Crippen LogP contribution in [0.1, 0.15) is 33.1 Å². The lowest BCUT2D eigenvalue weighted by Gasteiger charge is -2.19. The first-order valence-corrected chi connectivity index (χ1v) is 6.14.